The summed E-state index contributed by atoms with van der Waals surface area (Å²) in [4.78, 5) is 6.90. The summed E-state index contributed by atoms with van der Waals surface area (Å²) in [5.41, 5.74) is 4.90. The molecule has 28 heavy (non-hydrogen) atoms. The van der Waals surface area contributed by atoms with E-state index in [1.807, 2.05) is 12.4 Å². The molecule has 0 atom stereocenters. The molecule has 0 unspecified atom stereocenters. The smallest absolute Gasteiger partial charge is 0.257 e. The SMILES string of the molecule is CCc1sc(-c2nnc(CSc3nccn3-c3ccc(C)cc3C)o2)cc1C. The Kier molecular flexibility index (Phi) is 5.37. The van der Waals surface area contributed by atoms with Crippen molar-refractivity contribution in [3.8, 4) is 16.5 Å². The van der Waals surface area contributed by atoms with Gasteiger partial charge in [-0.3, -0.25) is 4.57 Å². The third kappa shape index (κ3) is 3.77. The van der Waals surface area contributed by atoms with Crippen molar-refractivity contribution in [1.82, 2.24) is 19.7 Å². The number of imidazole rings is 1. The van der Waals surface area contributed by atoms with Crippen LogP contribution in [-0.4, -0.2) is 19.7 Å². The molecular weight excluding hydrogens is 388 g/mol. The summed E-state index contributed by atoms with van der Waals surface area (Å²) in [6, 6.07) is 8.56. The van der Waals surface area contributed by atoms with E-state index in [1.165, 1.54) is 21.6 Å². The van der Waals surface area contributed by atoms with Crippen LogP contribution in [0.15, 0.2) is 46.2 Å². The van der Waals surface area contributed by atoms with Gasteiger partial charge in [0.25, 0.3) is 5.89 Å². The van der Waals surface area contributed by atoms with E-state index < -0.39 is 0 Å². The summed E-state index contributed by atoms with van der Waals surface area (Å²) in [6.45, 7) is 8.51. The van der Waals surface area contributed by atoms with Gasteiger partial charge in [0, 0.05) is 17.3 Å². The lowest BCUT2D eigenvalue weighted by molar-refractivity contribution is 0.529. The normalized spacial score (nSPS) is 11.3. The minimum absolute atomic E-state index is 0.583. The zero-order chi connectivity index (χ0) is 19.7. The summed E-state index contributed by atoms with van der Waals surface area (Å²) >= 11 is 3.32. The van der Waals surface area contributed by atoms with Crippen LogP contribution in [0.2, 0.25) is 0 Å². The highest BCUT2D eigenvalue weighted by Gasteiger charge is 2.15. The Bertz CT molecular complexity index is 1110. The Balaban J connectivity index is 1.50. The number of hydrogen-bond donors (Lipinski definition) is 0. The monoisotopic (exact) mass is 410 g/mol. The van der Waals surface area contributed by atoms with Crippen LogP contribution >= 0.6 is 23.1 Å². The molecule has 0 saturated heterocycles. The van der Waals surface area contributed by atoms with Crippen molar-refractivity contribution in [3.63, 3.8) is 0 Å². The van der Waals surface area contributed by atoms with Gasteiger partial charge in [0.05, 0.1) is 16.3 Å². The van der Waals surface area contributed by atoms with E-state index in [1.54, 1.807) is 23.1 Å². The zero-order valence-corrected chi connectivity index (χ0v) is 18.0. The van der Waals surface area contributed by atoms with Gasteiger partial charge in [0.2, 0.25) is 5.89 Å². The number of rotatable bonds is 6. The summed E-state index contributed by atoms with van der Waals surface area (Å²) < 4.78 is 8.00. The molecule has 0 fully saturated rings. The van der Waals surface area contributed by atoms with Crippen molar-refractivity contribution in [2.45, 2.75) is 45.0 Å². The second-order valence-corrected chi connectivity index (χ2v) is 8.81. The fourth-order valence-corrected chi connectivity index (χ4v) is 5.01. The van der Waals surface area contributed by atoms with Crippen LogP contribution in [0.5, 0.6) is 0 Å². The quantitative estimate of drug-likeness (QED) is 0.378. The second kappa shape index (κ2) is 7.93. The lowest BCUT2D eigenvalue weighted by Crippen LogP contribution is -1.98. The van der Waals surface area contributed by atoms with Gasteiger partial charge in [-0.15, -0.1) is 21.5 Å². The number of nitrogens with zero attached hydrogens (tertiary/aromatic N) is 4. The van der Waals surface area contributed by atoms with E-state index in [0.717, 1.165) is 22.1 Å². The predicted octanol–water partition coefficient (Wildman–Crippen LogP) is 5.76. The highest BCUT2D eigenvalue weighted by Crippen LogP contribution is 2.32. The van der Waals surface area contributed by atoms with Crippen molar-refractivity contribution in [2.24, 2.45) is 0 Å². The lowest BCUT2D eigenvalue weighted by Gasteiger charge is -2.10. The molecule has 0 amide bonds. The molecule has 144 valence electrons. The molecule has 7 heteroatoms. The first-order valence-corrected chi connectivity index (χ1v) is 11.0. The fourth-order valence-electron chi connectivity index (χ4n) is 3.17. The zero-order valence-electron chi connectivity index (χ0n) is 16.4. The molecule has 0 aliphatic rings. The van der Waals surface area contributed by atoms with Gasteiger partial charge < -0.3 is 4.42 Å². The number of thiophene rings is 1. The van der Waals surface area contributed by atoms with Crippen LogP contribution in [0.4, 0.5) is 0 Å². The number of benzene rings is 1. The molecule has 0 saturated carbocycles. The van der Waals surface area contributed by atoms with Gasteiger partial charge in [-0.25, -0.2) is 4.98 Å². The van der Waals surface area contributed by atoms with E-state index in [2.05, 4.69) is 71.7 Å². The van der Waals surface area contributed by atoms with E-state index in [4.69, 9.17) is 4.42 Å². The maximum atomic E-state index is 5.90. The van der Waals surface area contributed by atoms with Crippen molar-refractivity contribution in [3.05, 3.63) is 64.1 Å². The molecule has 4 aromatic rings. The Morgan fingerprint density at radius 2 is 1.96 bits per heavy atom. The maximum absolute atomic E-state index is 5.90. The minimum atomic E-state index is 0.583. The van der Waals surface area contributed by atoms with Gasteiger partial charge in [0.1, 0.15) is 0 Å². The van der Waals surface area contributed by atoms with Crippen molar-refractivity contribution >= 4 is 23.1 Å². The summed E-state index contributed by atoms with van der Waals surface area (Å²) in [6.07, 6.45) is 4.83. The van der Waals surface area contributed by atoms with Gasteiger partial charge in [-0.2, -0.15) is 0 Å². The first kappa shape index (κ1) is 19.0. The molecule has 5 nitrogen and oxygen atoms in total. The maximum Gasteiger partial charge on any atom is 0.257 e. The van der Waals surface area contributed by atoms with Gasteiger partial charge in [0.15, 0.2) is 5.16 Å². The number of aromatic nitrogens is 4. The molecule has 3 heterocycles. The molecule has 4 rings (SSSR count). The summed E-state index contributed by atoms with van der Waals surface area (Å²) in [5, 5.41) is 9.36. The summed E-state index contributed by atoms with van der Waals surface area (Å²) in [5.74, 6) is 1.79. The fraction of sp³-hybridized carbons (Fsp3) is 0.286. The van der Waals surface area contributed by atoms with Crippen LogP contribution in [0.25, 0.3) is 16.5 Å². The summed E-state index contributed by atoms with van der Waals surface area (Å²) in [7, 11) is 0. The van der Waals surface area contributed by atoms with Gasteiger partial charge in [-0.1, -0.05) is 36.4 Å². The van der Waals surface area contributed by atoms with Crippen LogP contribution in [-0.2, 0) is 12.2 Å². The highest BCUT2D eigenvalue weighted by atomic mass is 32.2. The first-order chi connectivity index (χ1) is 13.5. The Hall–Kier alpha value is -2.38. The Labute approximate surface area is 172 Å². The third-order valence-corrected chi connectivity index (χ3v) is 6.88. The van der Waals surface area contributed by atoms with E-state index in [9.17, 15) is 0 Å². The van der Waals surface area contributed by atoms with E-state index >= 15 is 0 Å². The van der Waals surface area contributed by atoms with Crippen LogP contribution < -0.4 is 0 Å². The topological polar surface area (TPSA) is 56.7 Å². The lowest BCUT2D eigenvalue weighted by atomic mass is 10.1. The Morgan fingerprint density at radius 3 is 2.71 bits per heavy atom. The van der Waals surface area contributed by atoms with E-state index in [0.29, 0.717) is 17.5 Å². The van der Waals surface area contributed by atoms with Gasteiger partial charge >= 0.3 is 0 Å². The Morgan fingerprint density at radius 1 is 1.11 bits per heavy atom. The number of hydrogen-bond acceptors (Lipinski definition) is 6. The number of thioether (sulfide) groups is 1. The van der Waals surface area contributed by atoms with Crippen LogP contribution in [0, 0.1) is 20.8 Å². The molecule has 0 N–H and O–H groups in total. The molecule has 0 aliphatic carbocycles. The molecule has 3 aromatic heterocycles. The first-order valence-electron chi connectivity index (χ1n) is 9.21. The molecule has 0 spiro atoms. The molecule has 0 bridgehead atoms. The second-order valence-electron chi connectivity index (χ2n) is 6.73. The van der Waals surface area contributed by atoms with Crippen LogP contribution in [0.3, 0.4) is 0 Å². The van der Waals surface area contributed by atoms with Crippen molar-refractivity contribution < 1.29 is 4.42 Å². The molecular formula is C21H22N4OS2. The van der Waals surface area contributed by atoms with Crippen LogP contribution in [0.1, 0.15) is 34.4 Å². The predicted molar refractivity (Wildman–Crippen MR) is 114 cm³/mol. The van der Waals surface area contributed by atoms with E-state index in [-0.39, 0.29) is 0 Å². The van der Waals surface area contributed by atoms with Crippen molar-refractivity contribution in [2.75, 3.05) is 0 Å². The minimum Gasteiger partial charge on any atom is -0.419 e. The highest BCUT2D eigenvalue weighted by molar-refractivity contribution is 7.98. The van der Waals surface area contributed by atoms with Gasteiger partial charge in [-0.05, 0) is 50.5 Å². The molecule has 0 radical (unpaired) electrons. The molecule has 1 aromatic carbocycles. The standard InChI is InChI=1S/C21H22N4OS2/c1-5-17-15(4)11-18(28-17)20-24-23-19(26-20)12-27-21-22-8-9-25(21)16-7-6-13(2)10-14(16)3/h6-11H,5,12H2,1-4H3. The molecule has 0 aliphatic heterocycles. The third-order valence-electron chi connectivity index (χ3n) is 4.56. The number of aryl methyl sites for hydroxylation is 4. The average molecular weight is 411 g/mol. The average Bonchev–Trinajstić information content (AvgIpc) is 3.39. The van der Waals surface area contributed by atoms with Crippen molar-refractivity contribution in [1.29, 1.82) is 0 Å². The largest absolute Gasteiger partial charge is 0.419 e.